The molecular weight excluding hydrogens is 252 g/mol. The molecule has 0 bridgehead atoms. The van der Waals surface area contributed by atoms with Gasteiger partial charge in [-0.2, -0.15) is 0 Å². The average molecular weight is 272 g/mol. The minimum atomic E-state index is -0.922. The van der Waals surface area contributed by atoms with Crippen LogP contribution in [-0.4, -0.2) is 54.7 Å². The maximum Gasteiger partial charge on any atom is 0.317 e. The van der Waals surface area contributed by atoms with Crippen molar-refractivity contribution >= 4 is 18.0 Å². The second-order valence-electron chi connectivity index (χ2n) is 4.74. The zero-order valence-electron chi connectivity index (χ0n) is 11.2. The summed E-state index contributed by atoms with van der Waals surface area (Å²) in [6, 6.07) is -0.687. The number of nitrogens with one attached hydrogen (secondary N) is 1. The van der Waals surface area contributed by atoms with Crippen molar-refractivity contribution in [1.29, 1.82) is 0 Å². The maximum absolute atomic E-state index is 11.8. The van der Waals surface area contributed by atoms with Crippen molar-refractivity contribution in [3.8, 4) is 0 Å². The molecule has 0 aromatic carbocycles. The smallest absolute Gasteiger partial charge is 0.317 e. The highest BCUT2D eigenvalue weighted by Crippen LogP contribution is 2.34. The number of ether oxygens (including phenoxy) is 1. The molecule has 1 aliphatic rings. The first-order valence-corrected chi connectivity index (χ1v) is 6.24. The summed E-state index contributed by atoms with van der Waals surface area (Å²) in [6.45, 7) is 0.239. The number of carboxylic acid groups (broad SMARTS) is 1. The van der Waals surface area contributed by atoms with Crippen molar-refractivity contribution in [3.63, 3.8) is 0 Å². The third-order valence-electron chi connectivity index (χ3n) is 3.12. The maximum atomic E-state index is 11.8. The Bertz CT molecular complexity index is 354. The van der Waals surface area contributed by atoms with E-state index in [2.05, 4.69) is 10.1 Å². The van der Waals surface area contributed by atoms with Crippen LogP contribution in [0, 0.1) is 5.92 Å². The number of hydrogen-bond acceptors (Lipinski definition) is 4. The van der Waals surface area contributed by atoms with Crippen LogP contribution in [0.2, 0.25) is 0 Å². The summed E-state index contributed by atoms with van der Waals surface area (Å²) >= 11 is 0. The molecule has 19 heavy (non-hydrogen) atoms. The van der Waals surface area contributed by atoms with Crippen LogP contribution in [0.1, 0.15) is 25.7 Å². The van der Waals surface area contributed by atoms with Crippen molar-refractivity contribution in [2.45, 2.75) is 31.7 Å². The van der Waals surface area contributed by atoms with Crippen LogP contribution in [0.5, 0.6) is 0 Å². The van der Waals surface area contributed by atoms with Gasteiger partial charge in [0.25, 0.3) is 0 Å². The Balaban J connectivity index is 2.38. The van der Waals surface area contributed by atoms with Gasteiger partial charge in [-0.05, 0) is 18.8 Å². The molecule has 1 atom stereocenters. The van der Waals surface area contributed by atoms with E-state index in [1.165, 1.54) is 12.0 Å². The molecule has 108 valence electrons. The summed E-state index contributed by atoms with van der Waals surface area (Å²) in [6.07, 6.45) is 1.95. The molecule has 1 rings (SSSR count). The third-order valence-corrected chi connectivity index (χ3v) is 3.12. The highest BCUT2D eigenvalue weighted by atomic mass is 16.5. The van der Waals surface area contributed by atoms with E-state index in [-0.39, 0.29) is 43.3 Å². The molecule has 0 aliphatic heterocycles. The molecule has 1 saturated carbocycles. The van der Waals surface area contributed by atoms with Gasteiger partial charge in [0.2, 0.25) is 0 Å². The van der Waals surface area contributed by atoms with Gasteiger partial charge in [0.1, 0.15) is 0 Å². The number of methoxy groups -OCH3 is 1. The minimum absolute atomic E-state index is 0.0682. The molecular formula is C12H20N2O5. The molecule has 0 saturated heterocycles. The first kappa shape index (κ1) is 15.3. The number of urea groups is 1. The van der Waals surface area contributed by atoms with Crippen LogP contribution in [-0.2, 0) is 14.3 Å². The predicted octanol–water partition coefficient (Wildman–Crippen LogP) is 0.444. The molecule has 7 heteroatoms. The minimum Gasteiger partial charge on any atom is -0.481 e. The monoisotopic (exact) mass is 272 g/mol. The second kappa shape index (κ2) is 6.96. The van der Waals surface area contributed by atoms with Gasteiger partial charge in [-0.1, -0.05) is 0 Å². The van der Waals surface area contributed by atoms with E-state index >= 15 is 0 Å². The molecule has 0 radical (unpaired) electrons. The lowest BCUT2D eigenvalue weighted by Crippen LogP contribution is -2.45. The molecule has 0 aromatic heterocycles. The topological polar surface area (TPSA) is 95.9 Å². The average Bonchev–Trinajstić information content (AvgIpc) is 3.18. The molecule has 0 aromatic rings. The molecule has 0 heterocycles. The van der Waals surface area contributed by atoms with E-state index in [0.717, 1.165) is 12.8 Å². The van der Waals surface area contributed by atoms with Crippen LogP contribution >= 0.6 is 0 Å². The normalized spacial score (nSPS) is 15.5. The molecule has 7 nitrogen and oxygen atoms in total. The summed E-state index contributed by atoms with van der Waals surface area (Å²) in [5.74, 6) is -1.05. The number of amides is 2. The van der Waals surface area contributed by atoms with E-state index in [0.29, 0.717) is 0 Å². The number of carbonyl (C=O) groups is 3. The van der Waals surface area contributed by atoms with Crippen LogP contribution < -0.4 is 5.32 Å². The Hall–Kier alpha value is -1.79. The Morgan fingerprint density at radius 2 is 2.05 bits per heavy atom. The molecule has 1 fully saturated rings. The Labute approximate surface area is 111 Å². The van der Waals surface area contributed by atoms with Gasteiger partial charge in [0.15, 0.2) is 0 Å². The molecule has 1 aliphatic carbocycles. The summed E-state index contributed by atoms with van der Waals surface area (Å²) in [4.78, 5) is 34.9. The fourth-order valence-electron chi connectivity index (χ4n) is 1.75. The molecule has 2 amide bonds. The fraction of sp³-hybridized carbons (Fsp3) is 0.750. The fourth-order valence-corrected chi connectivity index (χ4v) is 1.75. The van der Waals surface area contributed by atoms with Gasteiger partial charge in [0, 0.05) is 19.6 Å². The van der Waals surface area contributed by atoms with Crippen molar-refractivity contribution in [1.82, 2.24) is 10.2 Å². The molecule has 0 spiro atoms. The number of nitrogens with zero attached hydrogens (tertiary/aromatic N) is 1. The van der Waals surface area contributed by atoms with E-state index < -0.39 is 5.97 Å². The second-order valence-corrected chi connectivity index (χ2v) is 4.74. The summed E-state index contributed by atoms with van der Waals surface area (Å²) in [5, 5.41) is 11.5. The number of hydrogen-bond donors (Lipinski definition) is 2. The zero-order valence-corrected chi connectivity index (χ0v) is 11.2. The highest BCUT2D eigenvalue weighted by Gasteiger charge is 2.34. The largest absolute Gasteiger partial charge is 0.481 e. The predicted molar refractivity (Wildman–Crippen MR) is 66.6 cm³/mol. The van der Waals surface area contributed by atoms with Crippen molar-refractivity contribution in [3.05, 3.63) is 0 Å². The Morgan fingerprint density at radius 1 is 1.42 bits per heavy atom. The SMILES string of the molecule is COC(=O)CCN(C)C(=O)NC(CC(=O)O)C1CC1. The summed E-state index contributed by atoms with van der Waals surface area (Å²) < 4.78 is 4.49. The lowest BCUT2D eigenvalue weighted by Gasteiger charge is -2.22. The van der Waals surface area contributed by atoms with E-state index in [1.54, 1.807) is 7.05 Å². The van der Waals surface area contributed by atoms with E-state index in [1.807, 2.05) is 0 Å². The van der Waals surface area contributed by atoms with Crippen LogP contribution in [0.15, 0.2) is 0 Å². The van der Waals surface area contributed by atoms with Crippen molar-refractivity contribution in [2.24, 2.45) is 5.92 Å². The van der Waals surface area contributed by atoms with Crippen molar-refractivity contribution < 1.29 is 24.2 Å². The number of esters is 1. The number of carboxylic acids is 1. The van der Waals surface area contributed by atoms with Crippen LogP contribution in [0.4, 0.5) is 4.79 Å². The van der Waals surface area contributed by atoms with Gasteiger partial charge < -0.3 is 20.1 Å². The quantitative estimate of drug-likeness (QED) is 0.656. The van der Waals surface area contributed by atoms with Gasteiger partial charge in [-0.15, -0.1) is 0 Å². The van der Waals surface area contributed by atoms with E-state index in [9.17, 15) is 14.4 Å². The van der Waals surface area contributed by atoms with Crippen molar-refractivity contribution in [2.75, 3.05) is 20.7 Å². The summed E-state index contributed by atoms with van der Waals surface area (Å²) in [7, 11) is 2.85. The number of carbonyl (C=O) groups excluding carboxylic acids is 2. The lowest BCUT2D eigenvalue weighted by molar-refractivity contribution is -0.140. The molecule has 1 unspecified atom stereocenters. The number of rotatable bonds is 7. The van der Waals surface area contributed by atoms with Crippen LogP contribution in [0.3, 0.4) is 0 Å². The van der Waals surface area contributed by atoms with Gasteiger partial charge in [-0.3, -0.25) is 9.59 Å². The van der Waals surface area contributed by atoms with Gasteiger partial charge in [0.05, 0.1) is 20.0 Å². The van der Waals surface area contributed by atoms with E-state index in [4.69, 9.17) is 5.11 Å². The van der Waals surface area contributed by atoms with Gasteiger partial charge in [-0.25, -0.2) is 4.79 Å². The Morgan fingerprint density at radius 3 is 2.53 bits per heavy atom. The highest BCUT2D eigenvalue weighted by molar-refractivity contribution is 5.77. The first-order valence-electron chi connectivity index (χ1n) is 6.24. The Kier molecular flexibility index (Phi) is 5.59. The zero-order chi connectivity index (χ0) is 14.4. The lowest BCUT2D eigenvalue weighted by atomic mass is 10.1. The third kappa shape index (κ3) is 5.58. The number of aliphatic carboxylic acids is 1. The van der Waals surface area contributed by atoms with Crippen LogP contribution in [0.25, 0.3) is 0 Å². The summed E-state index contributed by atoms with van der Waals surface area (Å²) in [5.41, 5.74) is 0. The van der Waals surface area contributed by atoms with Gasteiger partial charge >= 0.3 is 18.0 Å². The standard InChI is InChI=1S/C12H20N2O5/c1-14(6-5-11(17)19-2)12(18)13-9(7-10(15)16)8-3-4-8/h8-9H,3-7H2,1-2H3,(H,13,18)(H,15,16). The first-order chi connectivity index (χ1) is 8.93. The molecule has 2 N–H and O–H groups in total.